The van der Waals surface area contributed by atoms with Gasteiger partial charge in [0.1, 0.15) is 33.9 Å². The van der Waals surface area contributed by atoms with Gasteiger partial charge in [0.2, 0.25) is 17.7 Å². The molecule has 1 aromatic heterocycles. The van der Waals surface area contributed by atoms with Crippen LogP contribution in [0, 0.1) is 23.7 Å². The lowest BCUT2D eigenvalue weighted by atomic mass is 9.81. The Morgan fingerprint density at radius 1 is 0.742 bits per heavy atom. The second-order valence-corrected chi connectivity index (χ2v) is 19.7. The number of amides is 4. The number of aromatic nitrogens is 2. The van der Waals surface area contributed by atoms with Crippen molar-refractivity contribution in [2.45, 2.75) is 113 Å². The maximum absolute atomic E-state index is 14.3. The molecule has 350 valence electrons. The molecule has 7 aliphatic rings. The third-order valence-electron chi connectivity index (χ3n) is 15.1. The first-order chi connectivity index (χ1) is 31.8. The van der Waals surface area contributed by atoms with E-state index in [4.69, 9.17) is 47.4 Å². The number of rotatable bonds is 11. The van der Waals surface area contributed by atoms with Gasteiger partial charge in [-0.25, -0.2) is 28.3 Å². The summed E-state index contributed by atoms with van der Waals surface area (Å²) < 4.78 is 43.5. The molecule has 18 heteroatoms. The number of fused-ring (bicyclic) bond motifs is 2. The van der Waals surface area contributed by atoms with Crippen LogP contribution in [-0.4, -0.2) is 113 Å². The molecule has 3 aliphatic carbocycles. The van der Waals surface area contributed by atoms with Gasteiger partial charge in [-0.05, 0) is 91.7 Å². The van der Waals surface area contributed by atoms with Crippen molar-refractivity contribution in [1.29, 1.82) is 0 Å². The Morgan fingerprint density at radius 2 is 1.24 bits per heavy atom. The predicted octanol–water partition coefficient (Wildman–Crippen LogP) is 8.50. The zero-order valence-electron chi connectivity index (χ0n) is 36.7. The topological polar surface area (TPSA) is 168 Å². The number of methoxy groups -OCH3 is 2. The van der Waals surface area contributed by atoms with Crippen molar-refractivity contribution in [3.05, 3.63) is 70.2 Å². The molecule has 4 aliphatic heterocycles. The summed E-state index contributed by atoms with van der Waals surface area (Å²) >= 11 is 13.7. The molecule has 0 unspecified atom stereocenters. The number of H-pyrrole nitrogens is 1. The highest BCUT2D eigenvalue weighted by Gasteiger charge is 2.58. The van der Waals surface area contributed by atoms with E-state index in [0.29, 0.717) is 66.6 Å². The highest BCUT2D eigenvalue weighted by molar-refractivity contribution is 6.35. The molecule has 3 N–H and O–H groups in total. The number of aromatic amines is 1. The van der Waals surface area contributed by atoms with Crippen LogP contribution in [0.15, 0.2) is 58.7 Å². The fraction of sp³-hybridized carbons (Fsp3) is 0.542. The first-order valence-electron chi connectivity index (χ1n) is 23.0. The smallest absolute Gasteiger partial charge is 0.407 e. The highest BCUT2D eigenvalue weighted by Crippen LogP contribution is 2.54. The molecule has 14 nitrogen and oxygen atoms in total. The normalized spacial score (nSPS) is 27.7. The Balaban J connectivity index is 0.804. The highest BCUT2D eigenvalue weighted by atomic mass is 35.5. The van der Waals surface area contributed by atoms with Crippen LogP contribution in [-0.2, 0) is 23.8 Å². The van der Waals surface area contributed by atoms with E-state index in [9.17, 15) is 28.0 Å². The number of halogens is 4. The monoisotopic (exact) mass is 947 g/mol. The second kappa shape index (κ2) is 17.9. The third-order valence-corrected chi connectivity index (χ3v) is 15.7. The van der Waals surface area contributed by atoms with Gasteiger partial charge in [0.05, 0.1) is 26.3 Å². The summed E-state index contributed by atoms with van der Waals surface area (Å²) in [7, 11) is 2.52. The summed E-state index contributed by atoms with van der Waals surface area (Å²) in [5.74, 6) is -2.48. The Kier molecular flexibility index (Phi) is 12.1. The molecule has 0 spiro atoms. The molecule has 3 aromatic rings. The van der Waals surface area contributed by atoms with E-state index < -0.39 is 42.2 Å². The SMILES string of the molecule is COC(=O)N[C@H](C(=O)N1[C@@H]2C[C@@H]2C[C@H]1C1=NC(Cl)=C(c2ccc(-c3ccc(-c4nc([C@@H]5C[C@H]6C[C@H]6N5C(=O)[C@@H](NC(=O)OC)C5CCC(F)(F)CC5)[nH]c4Cl)cc3)cc2)C1)C1CCOCC1. The number of carbonyl (C=O) groups excluding carboxylic acids is 4. The fourth-order valence-corrected chi connectivity index (χ4v) is 11.8. The minimum Gasteiger partial charge on any atom is -0.453 e. The average Bonchev–Trinajstić information content (AvgIpc) is 4.04. The van der Waals surface area contributed by atoms with Crippen molar-refractivity contribution >= 4 is 58.5 Å². The summed E-state index contributed by atoms with van der Waals surface area (Å²) in [6.45, 7) is 1.08. The van der Waals surface area contributed by atoms with E-state index in [1.165, 1.54) is 14.2 Å². The largest absolute Gasteiger partial charge is 0.453 e. The maximum atomic E-state index is 14.3. The fourth-order valence-electron chi connectivity index (χ4n) is 11.3. The number of hydrogen-bond donors (Lipinski definition) is 3. The standard InChI is InChI=1S/C48H53Cl2F2N7O7/c1-64-46(62)55-39(28-11-15-48(51,52)16-12-28)45(61)59-35-20-31(35)22-37(59)43-54-38(42(50)57-43)27-9-5-25(6-10-27)24-3-7-26(8-4-24)32-23-33(53-41(32)49)36-21-30-19-34(30)58(36)44(60)40(56-47(63)65-2)29-13-17-66-18-14-29/h3-10,28-31,34-37,39-40H,11-23H2,1-2H3,(H,54,57)(H,55,62)(H,56,63)/t30-,31-,34-,35-,36+,37+,39+,40+/m1/s1. The number of aliphatic imine (C=N–C) groups is 1. The first-order valence-corrected chi connectivity index (χ1v) is 23.8. The molecule has 66 heavy (non-hydrogen) atoms. The minimum absolute atomic E-state index is 0.0274. The molecule has 5 heterocycles. The van der Waals surface area contributed by atoms with Gasteiger partial charge in [0.15, 0.2) is 0 Å². The summed E-state index contributed by atoms with van der Waals surface area (Å²) in [4.78, 5) is 70.1. The Morgan fingerprint density at radius 3 is 1.80 bits per heavy atom. The zero-order chi connectivity index (χ0) is 46.0. The molecule has 3 saturated heterocycles. The number of benzene rings is 2. The third kappa shape index (κ3) is 8.68. The van der Waals surface area contributed by atoms with Gasteiger partial charge < -0.3 is 39.6 Å². The number of allylic oxidation sites excluding steroid dienone is 1. The van der Waals surface area contributed by atoms with E-state index in [1.54, 1.807) is 4.90 Å². The van der Waals surface area contributed by atoms with Gasteiger partial charge in [-0.2, -0.15) is 0 Å². The second-order valence-electron chi connectivity index (χ2n) is 19.0. The van der Waals surface area contributed by atoms with Gasteiger partial charge in [-0.15, -0.1) is 0 Å². The van der Waals surface area contributed by atoms with E-state index in [-0.39, 0.29) is 67.5 Å². The number of hydrogen-bond acceptors (Lipinski definition) is 9. The molecule has 2 aromatic carbocycles. The number of carbonyl (C=O) groups is 4. The van der Waals surface area contributed by atoms with Crippen LogP contribution in [0.1, 0.15) is 88.1 Å². The van der Waals surface area contributed by atoms with Crippen molar-refractivity contribution < 1.29 is 42.2 Å². The van der Waals surface area contributed by atoms with Crippen molar-refractivity contribution in [2.24, 2.45) is 28.7 Å². The first kappa shape index (κ1) is 44.8. The number of nitrogens with one attached hydrogen (secondary N) is 3. The zero-order valence-corrected chi connectivity index (χ0v) is 38.3. The number of alkyl carbamates (subject to hydrolysis) is 2. The van der Waals surface area contributed by atoms with Crippen LogP contribution in [0.3, 0.4) is 0 Å². The maximum Gasteiger partial charge on any atom is 0.407 e. The van der Waals surface area contributed by atoms with Crippen LogP contribution >= 0.6 is 23.2 Å². The molecular formula is C48H53Cl2F2N7O7. The number of nitrogens with zero attached hydrogens (tertiary/aromatic N) is 4. The number of alkyl halides is 2. The van der Waals surface area contributed by atoms with Gasteiger partial charge in [-0.1, -0.05) is 71.7 Å². The number of ether oxygens (including phenoxy) is 3. The predicted molar refractivity (Wildman–Crippen MR) is 242 cm³/mol. The van der Waals surface area contributed by atoms with E-state index >= 15 is 0 Å². The molecule has 6 fully saturated rings. The lowest BCUT2D eigenvalue weighted by Crippen LogP contribution is -2.56. The average molecular weight is 949 g/mol. The van der Waals surface area contributed by atoms with Crippen molar-refractivity contribution in [3.63, 3.8) is 0 Å². The van der Waals surface area contributed by atoms with Gasteiger partial charge in [-0.3, -0.25) is 9.59 Å². The lowest BCUT2D eigenvalue weighted by Gasteiger charge is -2.37. The van der Waals surface area contributed by atoms with Crippen LogP contribution in [0.25, 0.3) is 28.0 Å². The molecule has 8 atom stereocenters. The number of imidazole rings is 1. The molecule has 3 saturated carbocycles. The van der Waals surface area contributed by atoms with E-state index in [0.717, 1.165) is 52.8 Å². The van der Waals surface area contributed by atoms with Gasteiger partial charge >= 0.3 is 12.2 Å². The Bertz CT molecular complexity index is 2450. The lowest BCUT2D eigenvalue weighted by molar-refractivity contribution is -0.139. The molecule has 10 rings (SSSR count). The quantitative estimate of drug-likeness (QED) is 0.161. The van der Waals surface area contributed by atoms with Crippen LogP contribution in [0.2, 0.25) is 5.15 Å². The summed E-state index contributed by atoms with van der Waals surface area (Å²) in [6.07, 6.45) is 3.28. The van der Waals surface area contributed by atoms with Crippen LogP contribution in [0.5, 0.6) is 0 Å². The Labute approximate surface area is 391 Å². The summed E-state index contributed by atoms with van der Waals surface area (Å²) in [5.41, 5.74) is 5.96. The number of likely N-dealkylation sites (tertiary alicyclic amines) is 2. The Hall–Kier alpha value is -5.06. The van der Waals surface area contributed by atoms with Crippen LogP contribution in [0.4, 0.5) is 18.4 Å². The molecule has 0 bridgehead atoms. The van der Waals surface area contributed by atoms with Crippen molar-refractivity contribution in [3.8, 4) is 22.4 Å². The van der Waals surface area contributed by atoms with Crippen molar-refractivity contribution in [1.82, 2.24) is 30.4 Å². The molecular weight excluding hydrogens is 895 g/mol. The van der Waals surface area contributed by atoms with Gasteiger partial charge in [0, 0.05) is 61.4 Å². The van der Waals surface area contributed by atoms with Crippen molar-refractivity contribution in [2.75, 3.05) is 27.4 Å². The molecule has 4 amide bonds. The summed E-state index contributed by atoms with van der Waals surface area (Å²) in [6, 6.07) is 13.8. The van der Waals surface area contributed by atoms with E-state index in [2.05, 4.69) is 15.6 Å². The molecule has 0 radical (unpaired) electrons. The minimum atomic E-state index is -2.78. The summed E-state index contributed by atoms with van der Waals surface area (Å²) in [5, 5.41) is 6.26. The van der Waals surface area contributed by atoms with E-state index in [1.807, 2.05) is 53.4 Å². The van der Waals surface area contributed by atoms with Crippen LogP contribution < -0.4 is 10.6 Å². The number of piperidine rings is 2. The van der Waals surface area contributed by atoms with Gasteiger partial charge in [0.25, 0.3) is 0 Å².